The van der Waals surface area contributed by atoms with Gasteiger partial charge >= 0.3 is 0 Å². The predicted octanol–water partition coefficient (Wildman–Crippen LogP) is 3.85. The van der Waals surface area contributed by atoms with Crippen molar-refractivity contribution < 1.29 is 4.79 Å². The Morgan fingerprint density at radius 2 is 2.12 bits per heavy atom. The van der Waals surface area contributed by atoms with Crippen molar-refractivity contribution in [3.05, 3.63) is 20.8 Å². The van der Waals surface area contributed by atoms with E-state index < -0.39 is 0 Å². The zero-order valence-corrected chi connectivity index (χ0v) is 12.3. The Morgan fingerprint density at radius 1 is 1.50 bits per heavy atom. The SMILES string of the molecule is CC(C)(C)CC(N)CC(=O)c1cscc1Br. The molecule has 0 aliphatic carbocycles. The van der Waals surface area contributed by atoms with E-state index in [1.807, 2.05) is 10.8 Å². The van der Waals surface area contributed by atoms with Crippen molar-refractivity contribution in [2.45, 2.75) is 39.7 Å². The van der Waals surface area contributed by atoms with Crippen molar-refractivity contribution in [3.8, 4) is 0 Å². The van der Waals surface area contributed by atoms with E-state index in [1.54, 1.807) is 0 Å². The van der Waals surface area contributed by atoms with Gasteiger partial charge in [-0.05, 0) is 27.8 Å². The monoisotopic (exact) mass is 303 g/mol. The molecule has 0 bridgehead atoms. The van der Waals surface area contributed by atoms with E-state index in [2.05, 4.69) is 36.7 Å². The van der Waals surface area contributed by atoms with Crippen molar-refractivity contribution in [2.24, 2.45) is 11.1 Å². The lowest BCUT2D eigenvalue weighted by atomic mass is 9.86. The molecule has 1 aromatic rings. The molecule has 1 heterocycles. The molecule has 0 aromatic carbocycles. The van der Waals surface area contributed by atoms with Gasteiger partial charge in [0, 0.05) is 33.3 Å². The number of halogens is 1. The number of carbonyl (C=O) groups excluding carboxylic acids is 1. The first kappa shape index (κ1) is 13.9. The summed E-state index contributed by atoms with van der Waals surface area (Å²) in [6, 6.07) is -0.0562. The van der Waals surface area contributed by atoms with Gasteiger partial charge in [0.25, 0.3) is 0 Å². The van der Waals surface area contributed by atoms with Gasteiger partial charge in [-0.1, -0.05) is 20.8 Å². The molecule has 4 heteroatoms. The highest BCUT2D eigenvalue weighted by atomic mass is 79.9. The standard InChI is InChI=1S/C12H18BrNOS/c1-12(2,3)5-8(14)4-11(15)9-6-16-7-10(9)13/h6-8H,4-5,14H2,1-3H3. The summed E-state index contributed by atoms with van der Waals surface area (Å²) in [5, 5.41) is 3.79. The molecule has 0 fully saturated rings. The Morgan fingerprint density at radius 3 is 2.56 bits per heavy atom. The summed E-state index contributed by atoms with van der Waals surface area (Å²) >= 11 is 4.89. The van der Waals surface area contributed by atoms with Gasteiger partial charge in [-0.15, -0.1) is 0 Å². The molecule has 0 saturated carbocycles. The van der Waals surface area contributed by atoms with E-state index in [1.165, 1.54) is 11.3 Å². The predicted molar refractivity (Wildman–Crippen MR) is 73.0 cm³/mol. The summed E-state index contributed by atoms with van der Waals surface area (Å²) in [5.74, 6) is 0.130. The normalized spacial score (nSPS) is 13.8. The van der Waals surface area contributed by atoms with Gasteiger partial charge in [0.15, 0.2) is 5.78 Å². The van der Waals surface area contributed by atoms with Crippen LogP contribution in [0, 0.1) is 5.41 Å². The maximum absolute atomic E-state index is 11.9. The molecule has 0 spiro atoms. The Bertz CT molecular complexity index is 367. The number of thiophene rings is 1. The first-order chi connectivity index (χ1) is 7.29. The van der Waals surface area contributed by atoms with Crippen molar-refractivity contribution in [1.82, 2.24) is 0 Å². The highest BCUT2D eigenvalue weighted by Crippen LogP contribution is 2.25. The topological polar surface area (TPSA) is 43.1 Å². The molecule has 90 valence electrons. The Labute approximate surface area is 109 Å². The molecule has 0 radical (unpaired) electrons. The van der Waals surface area contributed by atoms with Crippen LogP contribution in [0.2, 0.25) is 0 Å². The van der Waals surface area contributed by atoms with Crippen LogP contribution in [0.15, 0.2) is 15.2 Å². The van der Waals surface area contributed by atoms with E-state index in [0.717, 1.165) is 16.5 Å². The number of ketones is 1. The minimum atomic E-state index is -0.0562. The molecule has 1 rings (SSSR count). The average Bonchev–Trinajstić information content (AvgIpc) is 2.47. The third-order valence-electron chi connectivity index (χ3n) is 2.24. The summed E-state index contributed by atoms with van der Waals surface area (Å²) in [7, 11) is 0. The van der Waals surface area contributed by atoms with Crippen molar-refractivity contribution >= 4 is 33.0 Å². The minimum Gasteiger partial charge on any atom is -0.327 e. The van der Waals surface area contributed by atoms with E-state index in [4.69, 9.17) is 5.73 Å². The van der Waals surface area contributed by atoms with Crippen LogP contribution >= 0.6 is 27.3 Å². The molecule has 1 atom stereocenters. The summed E-state index contributed by atoms with van der Waals surface area (Å²) in [6.45, 7) is 6.41. The van der Waals surface area contributed by atoms with Crippen LogP contribution < -0.4 is 5.73 Å². The van der Waals surface area contributed by atoms with E-state index in [9.17, 15) is 4.79 Å². The van der Waals surface area contributed by atoms with Crippen molar-refractivity contribution in [1.29, 1.82) is 0 Å². The van der Waals surface area contributed by atoms with Gasteiger partial charge in [0.05, 0.1) is 0 Å². The van der Waals surface area contributed by atoms with Crippen LogP contribution in [-0.2, 0) is 0 Å². The number of hydrogen-bond acceptors (Lipinski definition) is 3. The lowest BCUT2D eigenvalue weighted by Gasteiger charge is -2.22. The van der Waals surface area contributed by atoms with Crippen LogP contribution in [0.25, 0.3) is 0 Å². The van der Waals surface area contributed by atoms with Crippen molar-refractivity contribution in [3.63, 3.8) is 0 Å². The second kappa shape index (κ2) is 5.43. The summed E-state index contributed by atoms with van der Waals surface area (Å²) in [5.41, 5.74) is 6.92. The maximum atomic E-state index is 11.9. The third-order valence-corrected chi connectivity index (χ3v) is 3.94. The number of nitrogens with two attached hydrogens (primary N) is 1. The van der Waals surface area contributed by atoms with Crippen molar-refractivity contribution in [2.75, 3.05) is 0 Å². The minimum absolute atomic E-state index is 0.0562. The van der Waals surface area contributed by atoms with E-state index >= 15 is 0 Å². The molecular weight excluding hydrogens is 286 g/mol. The fourth-order valence-corrected chi connectivity index (χ4v) is 3.21. The molecule has 0 aliphatic heterocycles. The van der Waals surface area contributed by atoms with Crippen LogP contribution in [0.3, 0.4) is 0 Å². The molecular formula is C12H18BrNOS. The molecule has 0 saturated heterocycles. The number of hydrogen-bond donors (Lipinski definition) is 1. The maximum Gasteiger partial charge on any atom is 0.166 e. The quantitative estimate of drug-likeness (QED) is 0.859. The van der Waals surface area contributed by atoms with Gasteiger partial charge in [-0.25, -0.2) is 0 Å². The molecule has 16 heavy (non-hydrogen) atoms. The molecule has 2 N–H and O–H groups in total. The van der Waals surface area contributed by atoms with Crippen LogP contribution in [0.5, 0.6) is 0 Å². The molecule has 1 aromatic heterocycles. The van der Waals surface area contributed by atoms with Crippen LogP contribution in [0.1, 0.15) is 44.0 Å². The zero-order valence-electron chi connectivity index (χ0n) is 9.92. The lowest BCUT2D eigenvalue weighted by molar-refractivity contribution is 0.0968. The first-order valence-electron chi connectivity index (χ1n) is 5.30. The fourth-order valence-electron chi connectivity index (χ4n) is 1.69. The average molecular weight is 304 g/mol. The molecule has 2 nitrogen and oxygen atoms in total. The highest BCUT2D eigenvalue weighted by Gasteiger charge is 2.20. The summed E-state index contributed by atoms with van der Waals surface area (Å²) in [6.07, 6.45) is 1.28. The van der Waals surface area contributed by atoms with Crippen LogP contribution in [-0.4, -0.2) is 11.8 Å². The smallest absolute Gasteiger partial charge is 0.166 e. The second-order valence-corrected chi connectivity index (χ2v) is 6.88. The zero-order chi connectivity index (χ0) is 12.3. The Balaban J connectivity index is 2.56. The van der Waals surface area contributed by atoms with E-state index in [-0.39, 0.29) is 17.2 Å². The third kappa shape index (κ3) is 4.36. The van der Waals surface area contributed by atoms with Gasteiger partial charge in [-0.2, -0.15) is 11.3 Å². The molecule has 1 unspecified atom stereocenters. The van der Waals surface area contributed by atoms with Gasteiger partial charge in [0.2, 0.25) is 0 Å². The Kier molecular flexibility index (Phi) is 4.71. The van der Waals surface area contributed by atoms with E-state index in [0.29, 0.717) is 6.42 Å². The lowest BCUT2D eigenvalue weighted by Crippen LogP contribution is -2.28. The molecule has 0 aliphatic rings. The second-order valence-electron chi connectivity index (χ2n) is 5.29. The van der Waals surface area contributed by atoms with Crippen LogP contribution in [0.4, 0.5) is 0 Å². The fraction of sp³-hybridized carbons (Fsp3) is 0.583. The number of Topliss-reactive ketones (excluding diaryl/α,β-unsaturated/α-hetero) is 1. The Hall–Kier alpha value is -0.190. The summed E-state index contributed by atoms with van der Waals surface area (Å²) in [4.78, 5) is 11.9. The molecule has 0 amide bonds. The summed E-state index contributed by atoms with van der Waals surface area (Å²) < 4.78 is 0.880. The van der Waals surface area contributed by atoms with Gasteiger partial charge in [-0.3, -0.25) is 4.79 Å². The highest BCUT2D eigenvalue weighted by molar-refractivity contribution is 9.10. The number of rotatable bonds is 4. The van der Waals surface area contributed by atoms with Gasteiger partial charge in [0.1, 0.15) is 0 Å². The number of carbonyl (C=O) groups is 1. The first-order valence-corrected chi connectivity index (χ1v) is 7.03. The largest absolute Gasteiger partial charge is 0.327 e. The van der Waals surface area contributed by atoms with Gasteiger partial charge < -0.3 is 5.73 Å².